The van der Waals surface area contributed by atoms with Crippen molar-refractivity contribution in [1.29, 1.82) is 5.26 Å². The molecule has 1 unspecified atom stereocenters. The molecule has 4 rings (SSSR count). The number of nitriles is 1. The molecule has 4 fully saturated rings. The summed E-state index contributed by atoms with van der Waals surface area (Å²) in [5.41, 5.74) is 0.424. The Hall–Kier alpha value is -0.220. The van der Waals surface area contributed by atoms with Crippen LogP contribution in [0.3, 0.4) is 0 Å². The summed E-state index contributed by atoms with van der Waals surface area (Å²) in [5.74, 6) is 2.90. The molecular formula is C14H20ClN. The maximum atomic E-state index is 8.69. The molecule has 0 N–H and O–H groups in total. The molecule has 4 bridgehead atoms. The van der Waals surface area contributed by atoms with Crippen LogP contribution >= 0.6 is 11.6 Å². The molecule has 0 spiro atoms. The van der Waals surface area contributed by atoms with Crippen LogP contribution in [-0.4, -0.2) is 5.38 Å². The molecule has 4 saturated carbocycles. The summed E-state index contributed by atoms with van der Waals surface area (Å²) in [6.07, 6.45) is 10.0. The fourth-order valence-corrected chi connectivity index (χ4v) is 5.44. The molecule has 0 aromatic carbocycles. The zero-order valence-electron chi connectivity index (χ0n) is 9.79. The first-order valence-electron chi connectivity index (χ1n) is 6.73. The molecule has 0 aliphatic heterocycles. The van der Waals surface area contributed by atoms with Gasteiger partial charge in [-0.3, -0.25) is 0 Å². The van der Waals surface area contributed by atoms with E-state index in [2.05, 4.69) is 6.07 Å². The predicted octanol–water partition coefficient (Wildman–Crippen LogP) is 4.11. The van der Waals surface area contributed by atoms with Gasteiger partial charge in [-0.25, -0.2) is 0 Å². The average molecular weight is 238 g/mol. The van der Waals surface area contributed by atoms with E-state index in [1.807, 2.05) is 0 Å². The molecule has 1 atom stereocenters. The van der Waals surface area contributed by atoms with Gasteiger partial charge in [0.15, 0.2) is 0 Å². The van der Waals surface area contributed by atoms with Crippen molar-refractivity contribution in [3.63, 3.8) is 0 Å². The first-order valence-corrected chi connectivity index (χ1v) is 7.16. The van der Waals surface area contributed by atoms with Gasteiger partial charge in [0.25, 0.3) is 0 Å². The third-order valence-electron chi connectivity index (χ3n) is 5.26. The molecule has 0 radical (unpaired) electrons. The highest BCUT2D eigenvalue weighted by atomic mass is 35.5. The van der Waals surface area contributed by atoms with Gasteiger partial charge in [-0.1, -0.05) is 0 Å². The Labute approximate surface area is 103 Å². The maximum Gasteiger partial charge on any atom is 0.0622 e. The van der Waals surface area contributed by atoms with Crippen LogP contribution in [0.2, 0.25) is 0 Å². The lowest BCUT2D eigenvalue weighted by molar-refractivity contribution is -0.0554. The summed E-state index contributed by atoms with van der Waals surface area (Å²) >= 11 is 6.63. The minimum Gasteiger partial charge on any atom is -0.198 e. The molecule has 1 nitrogen and oxygen atoms in total. The highest BCUT2D eigenvalue weighted by Gasteiger charge is 2.53. The Morgan fingerprint density at radius 2 is 1.62 bits per heavy atom. The van der Waals surface area contributed by atoms with Crippen molar-refractivity contribution in [2.24, 2.45) is 23.2 Å². The first kappa shape index (κ1) is 10.9. The van der Waals surface area contributed by atoms with Gasteiger partial charge in [-0.15, -0.1) is 11.6 Å². The fraction of sp³-hybridized carbons (Fsp3) is 0.929. The van der Waals surface area contributed by atoms with Gasteiger partial charge in [-0.2, -0.15) is 5.26 Å². The molecule has 16 heavy (non-hydrogen) atoms. The zero-order chi connectivity index (χ0) is 11.2. The van der Waals surface area contributed by atoms with Crippen LogP contribution in [0.5, 0.6) is 0 Å². The molecule has 88 valence electrons. The van der Waals surface area contributed by atoms with E-state index in [4.69, 9.17) is 16.9 Å². The van der Waals surface area contributed by atoms with Gasteiger partial charge in [0.1, 0.15) is 0 Å². The number of hydrogen-bond donors (Lipinski definition) is 0. The van der Waals surface area contributed by atoms with Crippen LogP contribution in [-0.2, 0) is 0 Å². The van der Waals surface area contributed by atoms with Crippen molar-refractivity contribution < 1.29 is 0 Å². The third-order valence-corrected chi connectivity index (χ3v) is 5.94. The van der Waals surface area contributed by atoms with E-state index < -0.39 is 0 Å². The molecule has 0 aromatic heterocycles. The summed E-state index contributed by atoms with van der Waals surface area (Å²) < 4.78 is 0. The van der Waals surface area contributed by atoms with Crippen molar-refractivity contribution in [3.8, 4) is 6.07 Å². The molecule has 4 aliphatic rings. The van der Waals surface area contributed by atoms with Gasteiger partial charge in [0.2, 0.25) is 0 Å². The second kappa shape index (κ2) is 3.91. The standard InChI is InChI=1S/C14H20ClN/c15-13(2-1-3-16)14-7-10-4-11(8-14)6-12(5-10)9-14/h10-13H,1-2,4-9H2. The van der Waals surface area contributed by atoms with E-state index in [-0.39, 0.29) is 5.38 Å². The molecule has 2 heteroatoms. The van der Waals surface area contributed by atoms with Crippen LogP contribution < -0.4 is 0 Å². The Morgan fingerprint density at radius 1 is 1.12 bits per heavy atom. The van der Waals surface area contributed by atoms with E-state index in [0.29, 0.717) is 11.8 Å². The molecule has 4 aliphatic carbocycles. The highest BCUT2D eigenvalue weighted by Crippen LogP contribution is 2.62. The molecule has 0 amide bonds. The Morgan fingerprint density at radius 3 is 2.06 bits per heavy atom. The lowest BCUT2D eigenvalue weighted by atomic mass is 9.48. The first-order chi connectivity index (χ1) is 7.72. The van der Waals surface area contributed by atoms with Gasteiger partial charge >= 0.3 is 0 Å². The predicted molar refractivity (Wildman–Crippen MR) is 65.1 cm³/mol. The molecule has 0 heterocycles. The largest absolute Gasteiger partial charge is 0.198 e. The zero-order valence-corrected chi connectivity index (χ0v) is 10.5. The van der Waals surface area contributed by atoms with Crippen LogP contribution in [0.1, 0.15) is 51.4 Å². The fourth-order valence-electron chi connectivity index (χ4n) is 5.06. The van der Waals surface area contributed by atoms with E-state index in [0.717, 1.165) is 24.2 Å². The smallest absolute Gasteiger partial charge is 0.0622 e. The summed E-state index contributed by atoms with van der Waals surface area (Å²) in [6, 6.07) is 2.25. The normalized spacial score (nSPS) is 46.6. The van der Waals surface area contributed by atoms with Gasteiger partial charge < -0.3 is 0 Å². The minimum absolute atomic E-state index is 0.264. The Balaban J connectivity index is 1.75. The van der Waals surface area contributed by atoms with E-state index in [1.165, 1.54) is 38.5 Å². The second-order valence-corrected chi connectivity index (χ2v) is 6.97. The quantitative estimate of drug-likeness (QED) is 0.678. The average Bonchev–Trinajstić information content (AvgIpc) is 2.24. The molecule has 0 saturated heterocycles. The maximum absolute atomic E-state index is 8.69. The van der Waals surface area contributed by atoms with Crippen LogP contribution in [0.4, 0.5) is 0 Å². The van der Waals surface area contributed by atoms with Crippen molar-refractivity contribution in [3.05, 3.63) is 0 Å². The summed E-state index contributed by atoms with van der Waals surface area (Å²) in [5, 5.41) is 8.95. The topological polar surface area (TPSA) is 23.8 Å². The van der Waals surface area contributed by atoms with Crippen LogP contribution in [0.15, 0.2) is 0 Å². The molecular weight excluding hydrogens is 218 g/mol. The second-order valence-electron chi connectivity index (χ2n) is 6.44. The van der Waals surface area contributed by atoms with Crippen molar-refractivity contribution in [2.45, 2.75) is 56.7 Å². The number of halogens is 1. The van der Waals surface area contributed by atoms with E-state index in [1.54, 1.807) is 0 Å². The Bertz CT molecular complexity index is 282. The summed E-state index contributed by atoms with van der Waals surface area (Å²) in [6.45, 7) is 0. The van der Waals surface area contributed by atoms with Gasteiger partial charge in [0, 0.05) is 11.8 Å². The van der Waals surface area contributed by atoms with Crippen molar-refractivity contribution >= 4 is 11.6 Å². The molecule has 0 aromatic rings. The van der Waals surface area contributed by atoms with Gasteiger partial charge in [0.05, 0.1) is 6.07 Å². The summed E-state index contributed by atoms with van der Waals surface area (Å²) in [7, 11) is 0. The third kappa shape index (κ3) is 1.66. The summed E-state index contributed by atoms with van der Waals surface area (Å²) in [4.78, 5) is 0. The SMILES string of the molecule is N#CCCC(Cl)C12CC3CC(CC(C3)C1)C2. The minimum atomic E-state index is 0.264. The van der Waals surface area contributed by atoms with Crippen molar-refractivity contribution in [2.75, 3.05) is 0 Å². The highest BCUT2D eigenvalue weighted by molar-refractivity contribution is 6.21. The van der Waals surface area contributed by atoms with Crippen LogP contribution in [0.25, 0.3) is 0 Å². The van der Waals surface area contributed by atoms with Gasteiger partial charge in [-0.05, 0) is 68.1 Å². The number of alkyl halides is 1. The lowest BCUT2D eigenvalue weighted by Crippen LogP contribution is -2.50. The number of rotatable bonds is 3. The Kier molecular flexibility index (Phi) is 2.67. The number of nitrogens with zero attached hydrogens (tertiary/aromatic N) is 1. The number of hydrogen-bond acceptors (Lipinski definition) is 1. The van der Waals surface area contributed by atoms with E-state index >= 15 is 0 Å². The van der Waals surface area contributed by atoms with Crippen LogP contribution in [0, 0.1) is 34.5 Å². The monoisotopic (exact) mass is 237 g/mol. The lowest BCUT2D eigenvalue weighted by Gasteiger charge is -2.58. The van der Waals surface area contributed by atoms with Crippen molar-refractivity contribution in [1.82, 2.24) is 0 Å². The van der Waals surface area contributed by atoms with E-state index in [9.17, 15) is 0 Å².